The Kier molecular flexibility index (Phi) is 2.91. The first-order valence-corrected chi connectivity index (χ1v) is 4.52. The van der Waals surface area contributed by atoms with E-state index in [4.69, 9.17) is 10.5 Å². The van der Waals surface area contributed by atoms with Gasteiger partial charge >= 0.3 is 0 Å². The van der Waals surface area contributed by atoms with Crippen LogP contribution in [0.1, 0.15) is 30.5 Å². The van der Waals surface area contributed by atoms with Crippen molar-refractivity contribution in [3.05, 3.63) is 45.0 Å². The summed E-state index contributed by atoms with van der Waals surface area (Å²) < 4.78 is 0. The summed E-state index contributed by atoms with van der Waals surface area (Å²) in [5.41, 5.74) is -0.529. The zero-order chi connectivity index (χ0) is 12.3. The lowest BCUT2D eigenvalue weighted by Gasteiger charge is -2.17. The molecule has 0 saturated heterocycles. The maximum atomic E-state index is 10.9. The molecule has 0 atom stereocenters. The highest BCUT2D eigenvalue weighted by atomic mass is 16.6. The van der Waals surface area contributed by atoms with Crippen molar-refractivity contribution in [3.8, 4) is 12.1 Å². The minimum atomic E-state index is -1.33. The molecule has 0 aliphatic heterocycles. The Balaban J connectivity index is 3.43. The van der Waals surface area contributed by atoms with Gasteiger partial charge in [0.25, 0.3) is 0 Å². The Labute approximate surface area is 92.7 Å². The quantitative estimate of drug-likeness (QED) is 0.556. The van der Waals surface area contributed by atoms with E-state index in [0.29, 0.717) is 11.1 Å². The predicted molar refractivity (Wildman–Crippen MR) is 55.9 cm³/mol. The summed E-state index contributed by atoms with van der Waals surface area (Å²) >= 11 is 0. The van der Waals surface area contributed by atoms with Gasteiger partial charge in [-0.3, -0.25) is 10.1 Å². The molecule has 0 saturated carbocycles. The van der Waals surface area contributed by atoms with E-state index in [2.05, 4.69) is 0 Å². The van der Waals surface area contributed by atoms with Crippen LogP contribution in [0, 0.1) is 32.8 Å². The van der Waals surface area contributed by atoms with Gasteiger partial charge in [0.15, 0.2) is 0 Å². The van der Waals surface area contributed by atoms with Crippen LogP contribution in [0.3, 0.4) is 0 Å². The van der Waals surface area contributed by atoms with Crippen molar-refractivity contribution in [2.75, 3.05) is 0 Å². The van der Waals surface area contributed by atoms with E-state index in [1.807, 2.05) is 12.1 Å². The fourth-order valence-electron chi connectivity index (χ4n) is 1.34. The molecule has 0 aromatic heterocycles. The molecule has 0 bridgehead atoms. The average molecular weight is 215 g/mol. The molecule has 0 N–H and O–H groups in total. The van der Waals surface area contributed by atoms with E-state index >= 15 is 0 Å². The van der Waals surface area contributed by atoms with Crippen LogP contribution in [0.5, 0.6) is 0 Å². The third kappa shape index (κ3) is 1.84. The minimum absolute atomic E-state index is 0.167. The van der Waals surface area contributed by atoms with E-state index in [9.17, 15) is 10.1 Å². The first kappa shape index (κ1) is 11.7. The summed E-state index contributed by atoms with van der Waals surface area (Å²) in [5, 5.41) is 28.4. The number of rotatable bonds is 2. The Bertz CT molecular complexity index is 521. The second-order valence-electron chi connectivity index (χ2n) is 3.80. The van der Waals surface area contributed by atoms with E-state index < -0.39 is 10.5 Å². The van der Waals surface area contributed by atoms with Crippen LogP contribution in [-0.4, -0.2) is 4.92 Å². The van der Waals surface area contributed by atoms with Gasteiger partial charge in [0.2, 0.25) is 5.54 Å². The van der Waals surface area contributed by atoms with E-state index in [-0.39, 0.29) is 5.56 Å². The zero-order valence-corrected chi connectivity index (χ0v) is 8.89. The molecule has 0 fully saturated rings. The number of benzene rings is 1. The van der Waals surface area contributed by atoms with Gasteiger partial charge in [-0.05, 0) is 18.2 Å². The van der Waals surface area contributed by atoms with Crippen LogP contribution in [-0.2, 0) is 5.54 Å². The van der Waals surface area contributed by atoms with Crippen LogP contribution in [0.25, 0.3) is 0 Å². The number of nitrogens with zero attached hydrogens (tertiary/aromatic N) is 3. The third-order valence-corrected chi connectivity index (χ3v) is 2.38. The topological polar surface area (TPSA) is 90.7 Å². The highest BCUT2D eigenvalue weighted by Crippen LogP contribution is 2.27. The van der Waals surface area contributed by atoms with Gasteiger partial charge in [-0.25, -0.2) is 0 Å². The molecule has 0 heterocycles. The molecule has 1 rings (SSSR count). The number of hydrogen-bond donors (Lipinski definition) is 0. The van der Waals surface area contributed by atoms with Crippen molar-refractivity contribution in [2.45, 2.75) is 19.4 Å². The van der Waals surface area contributed by atoms with Crippen molar-refractivity contribution in [2.24, 2.45) is 0 Å². The monoisotopic (exact) mass is 215 g/mol. The molecule has 5 nitrogen and oxygen atoms in total. The summed E-state index contributed by atoms with van der Waals surface area (Å²) in [5.74, 6) is 0. The average Bonchev–Trinajstić information content (AvgIpc) is 2.27. The molecular weight excluding hydrogens is 206 g/mol. The first-order chi connectivity index (χ1) is 7.43. The highest BCUT2D eigenvalue weighted by Gasteiger charge is 2.35. The fourth-order valence-corrected chi connectivity index (χ4v) is 1.34. The summed E-state index contributed by atoms with van der Waals surface area (Å²) in [6, 6.07) is 8.06. The van der Waals surface area contributed by atoms with Crippen LogP contribution in [0.15, 0.2) is 18.2 Å². The molecule has 0 unspecified atom stereocenters. The maximum Gasteiger partial charge on any atom is 0.242 e. The number of nitro groups is 1. The molecule has 0 radical (unpaired) electrons. The lowest BCUT2D eigenvalue weighted by atomic mass is 9.90. The predicted octanol–water partition coefficient (Wildman–Crippen LogP) is 1.94. The molecule has 16 heavy (non-hydrogen) atoms. The van der Waals surface area contributed by atoms with Crippen molar-refractivity contribution >= 4 is 0 Å². The lowest BCUT2D eigenvalue weighted by molar-refractivity contribution is -0.569. The van der Waals surface area contributed by atoms with Crippen molar-refractivity contribution in [3.63, 3.8) is 0 Å². The first-order valence-electron chi connectivity index (χ1n) is 4.52. The van der Waals surface area contributed by atoms with Crippen molar-refractivity contribution < 1.29 is 4.92 Å². The summed E-state index contributed by atoms with van der Waals surface area (Å²) in [6.07, 6.45) is 0. The van der Waals surface area contributed by atoms with E-state index in [0.717, 1.165) is 0 Å². The minimum Gasteiger partial charge on any atom is -0.264 e. The van der Waals surface area contributed by atoms with Gasteiger partial charge in [0.05, 0.1) is 23.3 Å². The number of nitriles is 2. The SMILES string of the molecule is CC(C)(c1ccc(C#N)cc1C#N)[N+](=O)[O-]. The fraction of sp³-hybridized carbons (Fsp3) is 0.273. The van der Waals surface area contributed by atoms with Crippen molar-refractivity contribution in [1.29, 1.82) is 10.5 Å². The molecule has 5 heteroatoms. The van der Waals surface area contributed by atoms with E-state index in [1.165, 1.54) is 32.0 Å². The molecule has 0 aliphatic carbocycles. The normalized spacial score (nSPS) is 10.2. The van der Waals surface area contributed by atoms with Gasteiger partial charge in [-0.15, -0.1) is 0 Å². The Morgan fingerprint density at radius 1 is 1.31 bits per heavy atom. The smallest absolute Gasteiger partial charge is 0.242 e. The largest absolute Gasteiger partial charge is 0.264 e. The molecule has 0 aliphatic rings. The summed E-state index contributed by atoms with van der Waals surface area (Å²) in [6.45, 7) is 2.85. The maximum absolute atomic E-state index is 10.9. The van der Waals surface area contributed by atoms with Crippen LogP contribution in [0.4, 0.5) is 0 Å². The summed E-state index contributed by atoms with van der Waals surface area (Å²) in [4.78, 5) is 10.4. The Morgan fingerprint density at radius 3 is 2.38 bits per heavy atom. The zero-order valence-electron chi connectivity index (χ0n) is 8.89. The van der Waals surface area contributed by atoms with Gasteiger partial charge in [-0.2, -0.15) is 10.5 Å². The van der Waals surface area contributed by atoms with Gasteiger partial charge in [0, 0.05) is 24.3 Å². The summed E-state index contributed by atoms with van der Waals surface area (Å²) in [7, 11) is 0. The van der Waals surface area contributed by atoms with Crippen LogP contribution < -0.4 is 0 Å². The second-order valence-corrected chi connectivity index (χ2v) is 3.80. The lowest BCUT2D eigenvalue weighted by Crippen LogP contribution is -2.28. The van der Waals surface area contributed by atoms with Crippen LogP contribution in [0.2, 0.25) is 0 Å². The Morgan fingerprint density at radius 2 is 1.94 bits per heavy atom. The number of hydrogen-bond acceptors (Lipinski definition) is 4. The van der Waals surface area contributed by atoms with Crippen molar-refractivity contribution in [1.82, 2.24) is 0 Å². The molecule has 0 spiro atoms. The molecule has 0 amide bonds. The van der Waals surface area contributed by atoms with Gasteiger partial charge < -0.3 is 0 Å². The van der Waals surface area contributed by atoms with E-state index in [1.54, 1.807) is 0 Å². The highest BCUT2D eigenvalue weighted by molar-refractivity contribution is 5.46. The Hall–Kier alpha value is -2.40. The molecule has 80 valence electrons. The second kappa shape index (κ2) is 4.00. The molecule has 1 aromatic rings. The standard InChI is InChI=1S/C11H9N3O2/c1-11(2,14(15)16)10-4-3-8(6-12)5-9(10)7-13/h3-5H,1-2H3. The van der Waals surface area contributed by atoms with Crippen LogP contribution >= 0.6 is 0 Å². The third-order valence-electron chi connectivity index (χ3n) is 2.38. The molecule has 1 aromatic carbocycles. The van der Waals surface area contributed by atoms with Gasteiger partial charge in [0.1, 0.15) is 0 Å². The van der Waals surface area contributed by atoms with Gasteiger partial charge in [-0.1, -0.05) is 0 Å². The molecular formula is C11H9N3O2.